The van der Waals surface area contributed by atoms with Crippen molar-refractivity contribution in [3.8, 4) is 0 Å². The van der Waals surface area contributed by atoms with E-state index in [9.17, 15) is 18.0 Å². The molecule has 0 aliphatic rings. The summed E-state index contributed by atoms with van der Waals surface area (Å²) < 4.78 is 39.9. The number of halogens is 4. The smallest absolute Gasteiger partial charge is 0.279 e. The van der Waals surface area contributed by atoms with E-state index in [1.807, 2.05) is 31.2 Å². The highest BCUT2D eigenvalue weighted by Crippen LogP contribution is 2.21. The summed E-state index contributed by atoms with van der Waals surface area (Å²) in [5, 5.41) is 3.54. The van der Waals surface area contributed by atoms with Crippen LogP contribution in [0.2, 0.25) is 5.15 Å². The number of benzene rings is 2. The van der Waals surface area contributed by atoms with E-state index >= 15 is 0 Å². The summed E-state index contributed by atoms with van der Waals surface area (Å²) >= 11 is 6.27. The van der Waals surface area contributed by atoms with Gasteiger partial charge in [0.2, 0.25) is 0 Å². The highest BCUT2D eigenvalue weighted by atomic mass is 35.5. The first-order chi connectivity index (χ1) is 13.2. The lowest BCUT2D eigenvalue weighted by molar-refractivity contribution is -0.885. The molecule has 0 spiro atoms. The third-order valence-corrected chi connectivity index (χ3v) is 4.59. The minimum absolute atomic E-state index is 0.0271. The van der Waals surface area contributed by atoms with E-state index in [0.717, 1.165) is 39.1 Å². The molecule has 0 aliphatic heterocycles. The molecule has 28 heavy (non-hydrogen) atoms. The summed E-state index contributed by atoms with van der Waals surface area (Å²) in [4.78, 5) is 17.3. The fourth-order valence-corrected chi connectivity index (χ4v) is 3.11. The van der Waals surface area contributed by atoms with Gasteiger partial charge in [0, 0.05) is 10.9 Å². The maximum absolute atomic E-state index is 13.7. The summed E-state index contributed by atoms with van der Waals surface area (Å²) in [7, 11) is 1.76. The molecule has 0 bridgehead atoms. The van der Waals surface area contributed by atoms with Crippen LogP contribution in [0.15, 0.2) is 36.4 Å². The number of rotatable bonds is 5. The second kappa shape index (κ2) is 8.16. The van der Waals surface area contributed by atoms with E-state index in [1.54, 1.807) is 7.05 Å². The molecule has 0 aliphatic carbocycles. The minimum Gasteiger partial charge on any atom is -0.326 e. The Morgan fingerprint density at radius 3 is 2.64 bits per heavy atom. The molecule has 1 heterocycles. The molecule has 0 saturated carbocycles. The lowest BCUT2D eigenvalue weighted by atomic mass is 10.1. The molecule has 0 saturated heterocycles. The molecule has 3 rings (SSSR count). The standard InChI is InChI=1S/C20H17ClF3N3O/c1-11-3-4-12-8-13(20(21)26-16(12)7-11)9-27(2)10-17(28)25-15-6-5-14(22)18(23)19(15)24/h3-8H,9-10H2,1-2H3,(H,25,28)/p+1. The molecule has 1 aromatic heterocycles. The summed E-state index contributed by atoms with van der Waals surface area (Å²) in [5.41, 5.74) is 2.23. The SMILES string of the molecule is Cc1ccc2cc(C[NH+](C)CC(=O)Nc3ccc(F)c(F)c3F)c(Cl)nc2c1. The second-order valence-corrected chi connectivity index (χ2v) is 7.07. The largest absolute Gasteiger partial charge is 0.326 e. The zero-order chi connectivity index (χ0) is 20.4. The van der Waals surface area contributed by atoms with Crippen molar-refractivity contribution < 1.29 is 22.9 Å². The number of carbonyl (C=O) groups is 1. The predicted octanol–water partition coefficient (Wildman–Crippen LogP) is 3.27. The first kappa shape index (κ1) is 20.1. The van der Waals surface area contributed by atoms with Gasteiger partial charge in [-0.2, -0.15) is 0 Å². The van der Waals surface area contributed by atoms with Crippen molar-refractivity contribution in [2.45, 2.75) is 13.5 Å². The molecule has 2 N–H and O–H groups in total. The fraction of sp³-hybridized carbons (Fsp3) is 0.200. The van der Waals surface area contributed by atoms with Gasteiger partial charge in [-0.05, 0) is 36.8 Å². The van der Waals surface area contributed by atoms with Crippen LogP contribution >= 0.6 is 11.6 Å². The predicted molar refractivity (Wildman–Crippen MR) is 102 cm³/mol. The van der Waals surface area contributed by atoms with E-state index < -0.39 is 29.0 Å². The molecule has 1 amide bonds. The molecule has 0 radical (unpaired) electrons. The van der Waals surface area contributed by atoms with Crippen LogP contribution in [0.3, 0.4) is 0 Å². The Morgan fingerprint density at radius 1 is 1.14 bits per heavy atom. The Morgan fingerprint density at radius 2 is 1.89 bits per heavy atom. The van der Waals surface area contributed by atoms with E-state index in [4.69, 9.17) is 11.6 Å². The molecular formula is C20H18ClF3N3O+. The van der Waals surface area contributed by atoms with Gasteiger partial charge in [-0.1, -0.05) is 23.7 Å². The van der Waals surface area contributed by atoms with Gasteiger partial charge in [-0.15, -0.1) is 0 Å². The molecule has 146 valence electrons. The molecule has 0 fully saturated rings. The number of hydrogen-bond acceptors (Lipinski definition) is 2. The average molecular weight is 409 g/mol. The van der Waals surface area contributed by atoms with Crippen LogP contribution in [-0.4, -0.2) is 24.5 Å². The molecule has 1 unspecified atom stereocenters. The Hall–Kier alpha value is -2.64. The van der Waals surface area contributed by atoms with Gasteiger partial charge >= 0.3 is 0 Å². The van der Waals surface area contributed by atoms with Crippen LogP contribution in [0.5, 0.6) is 0 Å². The summed E-state index contributed by atoms with van der Waals surface area (Å²) in [5.74, 6) is -4.90. The minimum atomic E-state index is -1.62. The van der Waals surface area contributed by atoms with Gasteiger partial charge in [0.25, 0.3) is 5.91 Å². The van der Waals surface area contributed by atoms with Crippen molar-refractivity contribution in [1.29, 1.82) is 0 Å². The molecule has 8 heteroatoms. The summed E-state index contributed by atoms with van der Waals surface area (Å²) in [6.45, 7) is 2.35. The zero-order valence-electron chi connectivity index (χ0n) is 15.2. The van der Waals surface area contributed by atoms with Crippen LogP contribution in [0.4, 0.5) is 18.9 Å². The van der Waals surface area contributed by atoms with Crippen LogP contribution in [-0.2, 0) is 11.3 Å². The third-order valence-electron chi connectivity index (χ3n) is 4.26. The van der Waals surface area contributed by atoms with Crippen LogP contribution < -0.4 is 10.2 Å². The Bertz CT molecular complexity index is 1060. The number of carbonyl (C=O) groups excluding carboxylic acids is 1. The number of anilines is 1. The molecule has 4 nitrogen and oxygen atoms in total. The number of nitrogens with zero attached hydrogens (tertiary/aromatic N) is 1. The number of fused-ring (bicyclic) bond motifs is 1. The third kappa shape index (κ3) is 4.43. The van der Waals surface area contributed by atoms with Crippen molar-refractivity contribution in [2.75, 3.05) is 18.9 Å². The van der Waals surface area contributed by atoms with E-state index in [1.165, 1.54) is 0 Å². The fourth-order valence-electron chi connectivity index (χ4n) is 2.90. The normalized spacial score (nSPS) is 12.2. The lowest BCUT2D eigenvalue weighted by Crippen LogP contribution is -3.08. The number of aryl methyl sites for hydroxylation is 1. The first-order valence-electron chi connectivity index (χ1n) is 8.55. The van der Waals surface area contributed by atoms with Crippen molar-refractivity contribution in [1.82, 2.24) is 4.98 Å². The number of nitrogens with one attached hydrogen (secondary N) is 2. The van der Waals surface area contributed by atoms with Crippen LogP contribution in [0.1, 0.15) is 11.1 Å². The van der Waals surface area contributed by atoms with Gasteiger partial charge in [0.15, 0.2) is 24.0 Å². The number of hydrogen-bond donors (Lipinski definition) is 2. The molecular weight excluding hydrogens is 391 g/mol. The van der Waals surface area contributed by atoms with Gasteiger partial charge in [0.1, 0.15) is 11.7 Å². The quantitative estimate of drug-likeness (QED) is 0.503. The van der Waals surface area contributed by atoms with Crippen molar-refractivity contribution >= 4 is 34.1 Å². The molecule has 1 atom stereocenters. The van der Waals surface area contributed by atoms with Crippen molar-refractivity contribution in [2.24, 2.45) is 0 Å². The molecule has 2 aromatic carbocycles. The number of likely N-dealkylation sites (N-methyl/N-ethyl adjacent to an activating group) is 1. The van der Waals surface area contributed by atoms with Crippen molar-refractivity contribution in [3.63, 3.8) is 0 Å². The lowest BCUT2D eigenvalue weighted by Gasteiger charge is -2.15. The van der Waals surface area contributed by atoms with E-state index in [-0.39, 0.29) is 6.54 Å². The topological polar surface area (TPSA) is 46.4 Å². The number of amides is 1. The maximum atomic E-state index is 13.7. The monoisotopic (exact) mass is 408 g/mol. The molecule has 3 aromatic rings. The van der Waals surface area contributed by atoms with Crippen molar-refractivity contribution in [3.05, 3.63) is 70.1 Å². The van der Waals surface area contributed by atoms with Gasteiger partial charge < -0.3 is 10.2 Å². The highest BCUT2D eigenvalue weighted by Gasteiger charge is 2.18. The van der Waals surface area contributed by atoms with Gasteiger partial charge in [0.05, 0.1) is 18.3 Å². The van der Waals surface area contributed by atoms with Crippen LogP contribution in [0, 0.1) is 24.4 Å². The van der Waals surface area contributed by atoms with Gasteiger partial charge in [-0.3, -0.25) is 4.79 Å². The summed E-state index contributed by atoms with van der Waals surface area (Å²) in [6, 6.07) is 9.51. The number of pyridine rings is 1. The average Bonchev–Trinajstić information content (AvgIpc) is 2.63. The Labute approximate surface area is 164 Å². The zero-order valence-corrected chi connectivity index (χ0v) is 16.0. The second-order valence-electron chi connectivity index (χ2n) is 6.72. The highest BCUT2D eigenvalue weighted by molar-refractivity contribution is 6.30. The number of aromatic nitrogens is 1. The number of quaternary nitrogens is 1. The van der Waals surface area contributed by atoms with Gasteiger partial charge in [-0.25, -0.2) is 18.2 Å². The first-order valence-corrected chi connectivity index (χ1v) is 8.93. The van der Waals surface area contributed by atoms with Crippen LogP contribution in [0.25, 0.3) is 10.9 Å². The summed E-state index contributed by atoms with van der Waals surface area (Å²) in [6.07, 6.45) is 0. The Balaban J connectivity index is 1.68. The Kier molecular flexibility index (Phi) is 5.86. The maximum Gasteiger partial charge on any atom is 0.279 e. The van der Waals surface area contributed by atoms with E-state index in [2.05, 4.69) is 10.3 Å². The van der Waals surface area contributed by atoms with E-state index in [0.29, 0.717) is 11.7 Å².